The number of hydrogen-bond acceptors (Lipinski definition) is 5. The van der Waals surface area contributed by atoms with Crippen molar-refractivity contribution in [1.82, 2.24) is 30.4 Å². The molecular formula is C22H22F2N6O. The summed E-state index contributed by atoms with van der Waals surface area (Å²) in [5.74, 6) is -1.88. The van der Waals surface area contributed by atoms with Crippen LogP contribution < -0.4 is 0 Å². The van der Waals surface area contributed by atoms with Gasteiger partial charge in [0.2, 0.25) is 0 Å². The summed E-state index contributed by atoms with van der Waals surface area (Å²) < 4.78 is 29.6. The van der Waals surface area contributed by atoms with Gasteiger partial charge in [0.15, 0.2) is 0 Å². The van der Waals surface area contributed by atoms with Crippen LogP contribution in [0, 0.1) is 17.6 Å². The SMILES string of the molecule is CC(CCc1ccccc1-c1c[nH]nn1)C(O)(Cn1ccnn1)c1ccc(F)cc1F. The van der Waals surface area contributed by atoms with Crippen LogP contribution in [0.15, 0.2) is 61.1 Å². The zero-order valence-electron chi connectivity index (χ0n) is 16.9. The maximum Gasteiger partial charge on any atom is 0.132 e. The molecule has 9 heteroatoms. The van der Waals surface area contributed by atoms with Crippen molar-refractivity contribution in [2.45, 2.75) is 31.9 Å². The molecule has 7 nitrogen and oxygen atoms in total. The van der Waals surface area contributed by atoms with Crippen LogP contribution in [-0.2, 0) is 18.6 Å². The van der Waals surface area contributed by atoms with E-state index in [1.807, 2.05) is 31.2 Å². The zero-order chi connectivity index (χ0) is 21.8. The summed E-state index contributed by atoms with van der Waals surface area (Å²) in [7, 11) is 0. The third-order valence-corrected chi connectivity index (χ3v) is 5.64. The van der Waals surface area contributed by atoms with Gasteiger partial charge in [0.05, 0.1) is 12.7 Å². The molecule has 160 valence electrons. The highest BCUT2D eigenvalue weighted by Crippen LogP contribution is 2.36. The largest absolute Gasteiger partial charge is 0.383 e. The van der Waals surface area contributed by atoms with Crippen molar-refractivity contribution in [2.75, 3.05) is 0 Å². The molecule has 2 aromatic carbocycles. The van der Waals surface area contributed by atoms with E-state index in [9.17, 15) is 13.9 Å². The van der Waals surface area contributed by atoms with Crippen molar-refractivity contribution in [3.05, 3.63) is 83.8 Å². The molecule has 2 heterocycles. The summed E-state index contributed by atoms with van der Waals surface area (Å²) >= 11 is 0. The number of halogens is 2. The van der Waals surface area contributed by atoms with E-state index in [0.717, 1.165) is 29.0 Å². The number of aromatic amines is 1. The maximum absolute atomic E-state index is 14.7. The second-order valence-corrected chi connectivity index (χ2v) is 7.60. The van der Waals surface area contributed by atoms with Gasteiger partial charge in [0.25, 0.3) is 0 Å². The Morgan fingerprint density at radius 3 is 2.74 bits per heavy atom. The van der Waals surface area contributed by atoms with Gasteiger partial charge >= 0.3 is 0 Å². The topological polar surface area (TPSA) is 92.5 Å². The lowest BCUT2D eigenvalue weighted by molar-refractivity contribution is -0.0421. The van der Waals surface area contributed by atoms with Crippen LogP contribution >= 0.6 is 0 Å². The number of benzene rings is 2. The molecule has 2 atom stereocenters. The Morgan fingerprint density at radius 2 is 2.03 bits per heavy atom. The van der Waals surface area contributed by atoms with Crippen molar-refractivity contribution in [3.8, 4) is 11.3 Å². The summed E-state index contributed by atoms with van der Waals surface area (Å²) in [4.78, 5) is 0. The molecule has 31 heavy (non-hydrogen) atoms. The van der Waals surface area contributed by atoms with Gasteiger partial charge in [-0.05, 0) is 30.4 Å². The quantitative estimate of drug-likeness (QED) is 0.452. The summed E-state index contributed by atoms with van der Waals surface area (Å²) in [6.07, 6.45) is 5.96. The van der Waals surface area contributed by atoms with E-state index in [2.05, 4.69) is 25.7 Å². The van der Waals surface area contributed by atoms with Crippen LogP contribution in [0.25, 0.3) is 11.3 Å². The van der Waals surface area contributed by atoms with Gasteiger partial charge in [-0.15, -0.1) is 10.2 Å². The van der Waals surface area contributed by atoms with Crippen LogP contribution in [-0.4, -0.2) is 35.5 Å². The molecule has 0 bridgehead atoms. The predicted molar refractivity (Wildman–Crippen MR) is 110 cm³/mol. The molecule has 0 aliphatic carbocycles. The highest BCUT2D eigenvalue weighted by molar-refractivity contribution is 5.62. The van der Waals surface area contributed by atoms with Gasteiger partial charge in [-0.1, -0.05) is 47.7 Å². The molecule has 2 N–H and O–H groups in total. The van der Waals surface area contributed by atoms with Crippen LogP contribution in [0.1, 0.15) is 24.5 Å². The minimum absolute atomic E-state index is 0.0123. The first-order valence-corrected chi connectivity index (χ1v) is 9.94. The van der Waals surface area contributed by atoms with Crippen molar-refractivity contribution in [3.63, 3.8) is 0 Å². The standard InChI is InChI=1S/C22H22F2N6O/c1-15(6-7-16-4-2-3-5-18(16)21-13-26-28-27-21)22(31,14-30-11-10-25-29-30)19-9-8-17(23)12-20(19)24/h2-5,8-13,15,31H,6-7,14H2,1H3,(H,26,27,28). The van der Waals surface area contributed by atoms with Crippen LogP contribution in [0.2, 0.25) is 0 Å². The second kappa shape index (κ2) is 8.73. The fraction of sp³-hybridized carbons (Fsp3) is 0.273. The number of nitrogens with one attached hydrogen (secondary N) is 1. The summed E-state index contributed by atoms with van der Waals surface area (Å²) in [6, 6.07) is 11.0. The first kappa shape index (κ1) is 20.8. The normalized spacial score (nSPS) is 14.3. The molecule has 0 amide bonds. The fourth-order valence-corrected chi connectivity index (χ4v) is 3.84. The number of aromatic nitrogens is 6. The molecule has 0 saturated heterocycles. The van der Waals surface area contributed by atoms with Gasteiger partial charge in [0.1, 0.15) is 22.9 Å². The Morgan fingerprint density at radius 1 is 1.19 bits per heavy atom. The minimum Gasteiger partial charge on any atom is -0.383 e. The number of hydrogen-bond donors (Lipinski definition) is 2. The first-order valence-electron chi connectivity index (χ1n) is 9.94. The van der Waals surface area contributed by atoms with Gasteiger partial charge < -0.3 is 5.11 Å². The Labute approximate surface area is 177 Å². The van der Waals surface area contributed by atoms with Crippen molar-refractivity contribution < 1.29 is 13.9 Å². The third-order valence-electron chi connectivity index (χ3n) is 5.64. The van der Waals surface area contributed by atoms with Gasteiger partial charge in [-0.25, -0.2) is 13.5 Å². The molecule has 4 rings (SSSR count). The predicted octanol–water partition coefficient (Wildman–Crippen LogP) is 3.50. The fourth-order valence-electron chi connectivity index (χ4n) is 3.84. The van der Waals surface area contributed by atoms with E-state index >= 15 is 0 Å². The molecule has 2 unspecified atom stereocenters. The summed E-state index contributed by atoms with van der Waals surface area (Å²) in [5.41, 5.74) is 1.11. The lowest BCUT2D eigenvalue weighted by Gasteiger charge is -2.35. The Hall–Kier alpha value is -3.46. The van der Waals surface area contributed by atoms with E-state index in [1.54, 1.807) is 12.4 Å². The Balaban J connectivity index is 1.62. The summed E-state index contributed by atoms with van der Waals surface area (Å²) in [6.45, 7) is 1.83. The van der Waals surface area contributed by atoms with E-state index in [1.165, 1.54) is 16.9 Å². The smallest absolute Gasteiger partial charge is 0.132 e. The maximum atomic E-state index is 14.7. The monoisotopic (exact) mass is 424 g/mol. The average Bonchev–Trinajstić information content (AvgIpc) is 3.46. The zero-order valence-corrected chi connectivity index (χ0v) is 16.9. The Bertz CT molecular complexity index is 1130. The van der Waals surface area contributed by atoms with Crippen molar-refractivity contribution in [2.24, 2.45) is 5.92 Å². The molecule has 0 spiro atoms. The van der Waals surface area contributed by atoms with Gasteiger partial charge in [-0.3, -0.25) is 5.10 Å². The molecular weight excluding hydrogens is 402 g/mol. The molecule has 0 fully saturated rings. The van der Waals surface area contributed by atoms with Crippen LogP contribution in [0.4, 0.5) is 8.78 Å². The molecule has 0 saturated carbocycles. The van der Waals surface area contributed by atoms with Crippen molar-refractivity contribution in [1.29, 1.82) is 0 Å². The number of aliphatic hydroxyl groups is 1. The lowest BCUT2D eigenvalue weighted by atomic mass is 9.78. The molecule has 0 aliphatic rings. The van der Waals surface area contributed by atoms with E-state index < -0.39 is 17.2 Å². The van der Waals surface area contributed by atoms with Crippen LogP contribution in [0.5, 0.6) is 0 Å². The molecule has 2 aromatic heterocycles. The van der Waals surface area contributed by atoms with Crippen LogP contribution in [0.3, 0.4) is 0 Å². The van der Waals surface area contributed by atoms with Crippen molar-refractivity contribution >= 4 is 0 Å². The lowest BCUT2D eigenvalue weighted by Crippen LogP contribution is -2.39. The highest BCUT2D eigenvalue weighted by atomic mass is 19.1. The number of nitrogens with zero attached hydrogens (tertiary/aromatic N) is 5. The molecule has 0 radical (unpaired) electrons. The number of aryl methyl sites for hydroxylation is 1. The minimum atomic E-state index is -1.62. The van der Waals surface area contributed by atoms with Gasteiger partial charge in [0, 0.05) is 29.6 Å². The second-order valence-electron chi connectivity index (χ2n) is 7.60. The van der Waals surface area contributed by atoms with E-state index in [4.69, 9.17) is 0 Å². The Kier molecular flexibility index (Phi) is 5.85. The van der Waals surface area contributed by atoms with Gasteiger partial charge in [-0.2, -0.15) is 0 Å². The van der Waals surface area contributed by atoms with E-state index in [0.29, 0.717) is 12.8 Å². The first-order chi connectivity index (χ1) is 15.0. The third kappa shape index (κ3) is 4.36. The number of rotatable bonds is 8. The van der Waals surface area contributed by atoms with E-state index in [-0.39, 0.29) is 18.0 Å². The number of H-pyrrole nitrogens is 1. The highest BCUT2D eigenvalue weighted by Gasteiger charge is 2.38. The summed E-state index contributed by atoms with van der Waals surface area (Å²) in [5, 5.41) is 29.9. The molecule has 0 aliphatic heterocycles. The molecule has 4 aromatic rings. The average molecular weight is 424 g/mol.